The molecule has 0 aliphatic carbocycles. The Bertz CT molecular complexity index is 347. The summed E-state index contributed by atoms with van der Waals surface area (Å²) in [5, 5.41) is 3.29. The fraction of sp³-hybridized carbons (Fsp3) is 0.667. The zero-order valence-electron chi connectivity index (χ0n) is 10.8. The summed E-state index contributed by atoms with van der Waals surface area (Å²) >= 11 is 1.65. The second kappa shape index (κ2) is 7.40. The maximum Gasteiger partial charge on any atom is 0.223 e. The number of hydrogen-bond acceptors (Lipinski definition) is 4. The van der Waals surface area contributed by atoms with Crippen molar-refractivity contribution in [2.45, 2.75) is 33.7 Å². The molecule has 0 aliphatic heterocycles. The number of hydrogen-bond donors (Lipinski definition) is 1. The summed E-state index contributed by atoms with van der Waals surface area (Å²) in [5.74, 6) is 0.225. The van der Waals surface area contributed by atoms with Crippen LogP contribution in [-0.4, -0.2) is 35.4 Å². The fourth-order valence-corrected chi connectivity index (χ4v) is 2.37. The highest BCUT2D eigenvalue weighted by atomic mass is 32.1. The van der Waals surface area contributed by atoms with Gasteiger partial charge < -0.3 is 10.2 Å². The highest BCUT2D eigenvalue weighted by Gasteiger charge is 2.08. The van der Waals surface area contributed by atoms with Gasteiger partial charge in [0, 0.05) is 37.5 Å². The smallest absolute Gasteiger partial charge is 0.223 e. The van der Waals surface area contributed by atoms with Crippen molar-refractivity contribution in [3.05, 3.63) is 16.1 Å². The topological polar surface area (TPSA) is 45.2 Å². The van der Waals surface area contributed by atoms with Gasteiger partial charge in [-0.3, -0.25) is 4.79 Å². The molecule has 0 unspecified atom stereocenters. The van der Waals surface area contributed by atoms with Crippen LogP contribution in [0.2, 0.25) is 0 Å². The molecule has 0 fully saturated rings. The molecule has 0 aromatic carbocycles. The van der Waals surface area contributed by atoms with Crippen LogP contribution in [0.3, 0.4) is 0 Å². The quantitative estimate of drug-likeness (QED) is 0.756. The van der Waals surface area contributed by atoms with Gasteiger partial charge in [-0.15, -0.1) is 11.3 Å². The van der Waals surface area contributed by atoms with Crippen LogP contribution in [0.1, 0.15) is 30.8 Å². The predicted octanol–water partition coefficient (Wildman–Crippen LogP) is 1.80. The minimum atomic E-state index is 0.225. The SMILES string of the molecule is CCN(CC)C(=O)CCNCc1scnc1C. The lowest BCUT2D eigenvalue weighted by atomic mass is 10.3. The number of carbonyl (C=O) groups excluding carboxylic acids is 1. The Kier molecular flexibility index (Phi) is 6.15. The van der Waals surface area contributed by atoms with E-state index in [1.807, 2.05) is 31.2 Å². The van der Waals surface area contributed by atoms with Gasteiger partial charge in [0.05, 0.1) is 11.2 Å². The van der Waals surface area contributed by atoms with E-state index in [0.29, 0.717) is 6.42 Å². The number of nitrogens with one attached hydrogen (secondary N) is 1. The monoisotopic (exact) mass is 255 g/mol. The summed E-state index contributed by atoms with van der Waals surface area (Å²) in [6.07, 6.45) is 0.569. The van der Waals surface area contributed by atoms with Gasteiger partial charge in [-0.2, -0.15) is 0 Å². The Morgan fingerprint density at radius 1 is 1.47 bits per heavy atom. The Hall–Kier alpha value is -0.940. The number of carbonyl (C=O) groups is 1. The van der Waals surface area contributed by atoms with Crippen LogP contribution < -0.4 is 5.32 Å². The molecule has 0 spiro atoms. The summed E-state index contributed by atoms with van der Waals surface area (Å²) in [5.41, 5.74) is 2.94. The number of aromatic nitrogens is 1. The van der Waals surface area contributed by atoms with Crippen LogP contribution in [0.15, 0.2) is 5.51 Å². The van der Waals surface area contributed by atoms with Crippen molar-refractivity contribution < 1.29 is 4.79 Å². The van der Waals surface area contributed by atoms with Gasteiger partial charge in [-0.05, 0) is 20.8 Å². The molecule has 17 heavy (non-hydrogen) atoms. The average molecular weight is 255 g/mol. The third kappa shape index (κ3) is 4.44. The number of aryl methyl sites for hydroxylation is 1. The third-order valence-electron chi connectivity index (χ3n) is 2.76. The van der Waals surface area contributed by atoms with Gasteiger partial charge in [0.2, 0.25) is 5.91 Å². The third-order valence-corrected chi connectivity index (χ3v) is 3.70. The van der Waals surface area contributed by atoms with E-state index < -0.39 is 0 Å². The van der Waals surface area contributed by atoms with Gasteiger partial charge >= 0.3 is 0 Å². The van der Waals surface area contributed by atoms with Gasteiger partial charge in [-0.25, -0.2) is 4.98 Å². The summed E-state index contributed by atoms with van der Waals surface area (Å²) in [6.45, 7) is 9.15. The Labute approximate surface area is 107 Å². The number of rotatable bonds is 7. The molecule has 0 saturated carbocycles. The fourth-order valence-electron chi connectivity index (χ4n) is 1.63. The first-order valence-corrected chi connectivity index (χ1v) is 6.94. The molecule has 96 valence electrons. The first-order valence-electron chi connectivity index (χ1n) is 6.06. The van der Waals surface area contributed by atoms with Crippen molar-refractivity contribution in [3.63, 3.8) is 0 Å². The molecular formula is C12H21N3OS. The second-order valence-electron chi connectivity index (χ2n) is 3.85. The predicted molar refractivity (Wildman–Crippen MR) is 71.1 cm³/mol. The first-order chi connectivity index (χ1) is 8.19. The van der Waals surface area contributed by atoms with Gasteiger partial charge in [0.15, 0.2) is 0 Å². The van der Waals surface area contributed by atoms with E-state index in [1.54, 1.807) is 11.3 Å². The minimum Gasteiger partial charge on any atom is -0.343 e. The van der Waals surface area contributed by atoms with E-state index in [2.05, 4.69) is 10.3 Å². The first kappa shape index (κ1) is 14.1. The zero-order valence-corrected chi connectivity index (χ0v) is 11.6. The van der Waals surface area contributed by atoms with Gasteiger partial charge in [0.1, 0.15) is 0 Å². The molecule has 1 heterocycles. The van der Waals surface area contributed by atoms with E-state index in [4.69, 9.17) is 0 Å². The number of amides is 1. The molecule has 0 aliphatic rings. The van der Waals surface area contributed by atoms with E-state index in [1.165, 1.54) is 4.88 Å². The zero-order chi connectivity index (χ0) is 12.7. The highest BCUT2D eigenvalue weighted by Crippen LogP contribution is 2.10. The molecule has 0 radical (unpaired) electrons. The van der Waals surface area contributed by atoms with Gasteiger partial charge in [-0.1, -0.05) is 0 Å². The van der Waals surface area contributed by atoms with Crippen molar-refractivity contribution >= 4 is 17.2 Å². The molecule has 1 amide bonds. The Morgan fingerprint density at radius 2 is 2.18 bits per heavy atom. The maximum atomic E-state index is 11.7. The molecule has 1 aromatic rings. The molecule has 0 saturated heterocycles. The van der Waals surface area contributed by atoms with Crippen LogP contribution in [0.5, 0.6) is 0 Å². The molecule has 1 N–H and O–H groups in total. The molecule has 4 nitrogen and oxygen atoms in total. The van der Waals surface area contributed by atoms with E-state index in [0.717, 1.165) is 31.9 Å². The lowest BCUT2D eigenvalue weighted by Crippen LogP contribution is -2.32. The van der Waals surface area contributed by atoms with Crippen molar-refractivity contribution in [1.82, 2.24) is 15.2 Å². The molecule has 5 heteroatoms. The minimum absolute atomic E-state index is 0.225. The summed E-state index contributed by atoms with van der Waals surface area (Å²) in [7, 11) is 0. The second-order valence-corrected chi connectivity index (χ2v) is 4.79. The highest BCUT2D eigenvalue weighted by molar-refractivity contribution is 7.09. The average Bonchev–Trinajstić information content (AvgIpc) is 2.72. The molecule has 1 rings (SSSR count). The summed E-state index contributed by atoms with van der Waals surface area (Å²) in [6, 6.07) is 0. The van der Waals surface area contributed by atoms with E-state index in [9.17, 15) is 4.79 Å². The lowest BCUT2D eigenvalue weighted by molar-refractivity contribution is -0.130. The van der Waals surface area contributed by atoms with Crippen molar-refractivity contribution in [2.75, 3.05) is 19.6 Å². The number of thiazole rings is 1. The van der Waals surface area contributed by atoms with Crippen molar-refractivity contribution in [3.8, 4) is 0 Å². The van der Waals surface area contributed by atoms with Crippen molar-refractivity contribution in [1.29, 1.82) is 0 Å². The molecular weight excluding hydrogens is 234 g/mol. The van der Waals surface area contributed by atoms with E-state index >= 15 is 0 Å². The maximum absolute atomic E-state index is 11.7. The molecule has 0 bridgehead atoms. The van der Waals surface area contributed by atoms with Gasteiger partial charge in [0.25, 0.3) is 0 Å². The Morgan fingerprint density at radius 3 is 2.71 bits per heavy atom. The Balaban J connectivity index is 2.20. The molecule has 0 atom stereocenters. The summed E-state index contributed by atoms with van der Waals surface area (Å²) < 4.78 is 0. The normalized spacial score (nSPS) is 10.5. The number of nitrogens with zero attached hydrogens (tertiary/aromatic N) is 2. The van der Waals surface area contributed by atoms with Crippen LogP contribution in [0.25, 0.3) is 0 Å². The van der Waals surface area contributed by atoms with Crippen LogP contribution in [-0.2, 0) is 11.3 Å². The largest absolute Gasteiger partial charge is 0.343 e. The molecule has 1 aromatic heterocycles. The van der Waals surface area contributed by atoms with Crippen LogP contribution in [0, 0.1) is 6.92 Å². The lowest BCUT2D eigenvalue weighted by Gasteiger charge is -2.18. The standard InChI is InChI=1S/C12H21N3OS/c1-4-15(5-2)12(16)6-7-13-8-11-10(3)14-9-17-11/h9,13H,4-8H2,1-3H3. The summed E-state index contributed by atoms with van der Waals surface area (Å²) in [4.78, 5) is 19.0. The van der Waals surface area contributed by atoms with Crippen LogP contribution in [0.4, 0.5) is 0 Å². The van der Waals surface area contributed by atoms with Crippen LogP contribution >= 0.6 is 11.3 Å². The van der Waals surface area contributed by atoms with E-state index in [-0.39, 0.29) is 5.91 Å². The van der Waals surface area contributed by atoms with Crippen molar-refractivity contribution in [2.24, 2.45) is 0 Å².